The normalized spacial score (nSPS) is 14.3. The molecule has 0 spiro atoms. The minimum Gasteiger partial charge on any atom is -0.311 e. The highest BCUT2D eigenvalue weighted by atomic mass is 32.2. The minimum absolute atomic E-state index is 0.179. The van der Waals surface area contributed by atoms with Crippen molar-refractivity contribution < 1.29 is 12.9 Å². The van der Waals surface area contributed by atoms with Crippen LogP contribution in [0.3, 0.4) is 0 Å². The Morgan fingerprint density at radius 3 is 2.43 bits per heavy atom. The Balaban J connectivity index is 3.47. The summed E-state index contributed by atoms with van der Waals surface area (Å²) in [7, 11) is 0. The van der Waals surface area contributed by atoms with Crippen molar-refractivity contribution in [1.29, 1.82) is 0 Å². The average molecular weight is 223 g/mol. The van der Waals surface area contributed by atoms with Gasteiger partial charge in [-0.2, -0.15) is 4.21 Å². The lowest BCUT2D eigenvalue weighted by molar-refractivity contribution is 0.278. The van der Waals surface area contributed by atoms with Crippen molar-refractivity contribution in [2.75, 3.05) is 13.2 Å². The molecule has 0 saturated carbocycles. The zero-order chi connectivity index (χ0) is 11.0. The standard InChI is InChI=1S/C9H21NO3S/c1-4-9(3,5-2)10-7-6-8-13-14(11)12/h10H,4-8H2,1-3H3,(H,11,12). The predicted octanol–water partition coefficient (Wildman–Crippen LogP) is 1.70. The first kappa shape index (κ1) is 14.0. The molecule has 14 heavy (non-hydrogen) atoms. The summed E-state index contributed by atoms with van der Waals surface area (Å²) in [5.41, 5.74) is 0.179. The van der Waals surface area contributed by atoms with Gasteiger partial charge in [0.1, 0.15) is 0 Å². The minimum atomic E-state index is -2.12. The number of rotatable bonds is 8. The van der Waals surface area contributed by atoms with Crippen molar-refractivity contribution in [3.8, 4) is 0 Å². The van der Waals surface area contributed by atoms with E-state index in [9.17, 15) is 4.21 Å². The summed E-state index contributed by atoms with van der Waals surface area (Å²) in [5.74, 6) is 0. The van der Waals surface area contributed by atoms with Gasteiger partial charge in [0.05, 0.1) is 6.61 Å². The van der Waals surface area contributed by atoms with Gasteiger partial charge >= 0.3 is 11.4 Å². The van der Waals surface area contributed by atoms with Gasteiger partial charge in [-0.3, -0.25) is 8.74 Å². The fourth-order valence-electron chi connectivity index (χ4n) is 1.09. The maximum Gasteiger partial charge on any atom is 0.301 e. The van der Waals surface area contributed by atoms with E-state index in [1.54, 1.807) is 0 Å². The van der Waals surface area contributed by atoms with Gasteiger partial charge in [0.15, 0.2) is 0 Å². The molecule has 0 aromatic rings. The van der Waals surface area contributed by atoms with E-state index in [4.69, 9.17) is 4.55 Å². The second-order valence-corrected chi connectivity index (χ2v) is 4.26. The Morgan fingerprint density at radius 1 is 1.43 bits per heavy atom. The van der Waals surface area contributed by atoms with E-state index in [0.29, 0.717) is 6.61 Å². The molecule has 0 fully saturated rings. The second-order valence-electron chi connectivity index (χ2n) is 3.59. The quantitative estimate of drug-likeness (QED) is 0.486. The first-order valence-electron chi connectivity index (χ1n) is 5.03. The van der Waals surface area contributed by atoms with Crippen LogP contribution in [0.5, 0.6) is 0 Å². The van der Waals surface area contributed by atoms with Crippen LogP contribution >= 0.6 is 0 Å². The maximum atomic E-state index is 10.1. The van der Waals surface area contributed by atoms with E-state index in [1.165, 1.54) is 0 Å². The Labute approximate surface area is 88.9 Å². The average Bonchev–Trinajstić information content (AvgIpc) is 2.16. The summed E-state index contributed by atoms with van der Waals surface area (Å²) < 4.78 is 23.0. The third-order valence-corrected chi connectivity index (χ3v) is 2.99. The van der Waals surface area contributed by atoms with Crippen LogP contribution in [-0.2, 0) is 15.5 Å². The number of nitrogens with one attached hydrogen (secondary N) is 1. The molecule has 5 heteroatoms. The third-order valence-electron chi connectivity index (χ3n) is 2.62. The molecule has 0 aromatic heterocycles. The molecule has 0 amide bonds. The molecular formula is C9H21NO3S. The van der Waals surface area contributed by atoms with Crippen molar-refractivity contribution in [1.82, 2.24) is 5.32 Å². The predicted molar refractivity (Wildman–Crippen MR) is 58.3 cm³/mol. The summed E-state index contributed by atoms with van der Waals surface area (Å²) >= 11 is -2.12. The molecule has 2 N–H and O–H groups in total. The summed E-state index contributed by atoms with van der Waals surface area (Å²) in [6.45, 7) is 7.61. The lowest BCUT2D eigenvalue weighted by Gasteiger charge is -2.28. The monoisotopic (exact) mass is 223 g/mol. The van der Waals surface area contributed by atoms with Crippen LogP contribution in [0.4, 0.5) is 0 Å². The third kappa shape index (κ3) is 6.48. The Morgan fingerprint density at radius 2 is 2.00 bits per heavy atom. The molecule has 0 aliphatic carbocycles. The van der Waals surface area contributed by atoms with Gasteiger partial charge in [-0.1, -0.05) is 13.8 Å². The smallest absolute Gasteiger partial charge is 0.301 e. The van der Waals surface area contributed by atoms with E-state index in [2.05, 4.69) is 30.3 Å². The van der Waals surface area contributed by atoms with Crippen molar-refractivity contribution in [2.24, 2.45) is 0 Å². The topological polar surface area (TPSA) is 58.6 Å². The summed E-state index contributed by atoms with van der Waals surface area (Å²) in [5, 5.41) is 3.41. The van der Waals surface area contributed by atoms with Gasteiger partial charge in [-0.05, 0) is 32.7 Å². The van der Waals surface area contributed by atoms with Crippen LogP contribution in [-0.4, -0.2) is 27.5 Å². The van der Waals surface area contributed by atoms with Crippen LogP contribution in [0.1, 0.15) is 40.0 Å². The van der Waals surface area contributed by atoms with Crippen molar-refractivity contribution in [2.45, 2.75) is 45.6 Å². The zero-order valence-corrected chi connectivity index (χ0v) is 10.0. The fourth-order valence-corrected chi connectivity index (χ4v) is 1.35. The molecule has 0 bridgehead atoms. The van der Waals surface area contributed by atoms with E-state index in [-0.39, 0.29) is 5.54 Å². The first-order chi connectivity index (χ1) is 6.54. The van der Waals surface area contributed by atoms with Crippen LogP contribution in [0.15, 0.2) is 0 Å². The van der Waals surface area contributed by atoms with Crippen LogP contribution in [0.2, 0.25) is 0 Å². The lowest BCUT2D eigenvalue weighted by Crippen LogP contribution is -2.41. The molecule has 0 rings (SSSR count). The van der Waals surface area contributed by atoms with Crippen LogP contribution in [0, 0.1) is 0 Å². The molecular weight excluding hydrogens is 202 g/mol. The summed E-state index contributed by atoms with van der Waals surface area (Å²) in [6, 6.07) is 0. The van der Waals surface area contributed by atoms with E-state index < -0.39 is 11.4 Å². The fraction of sp³-hybridized carbons (Fsp3) is 1.00. The Hall–Kier alpha value is 0.0300. The highest BCUT2D eigenvalue weighted by Gasteiger charge is 2.17. The van der Waals surface area contributed by atoms with Crippen molar-refractivity contribution in [3.63, 3.8) is 0 Å². The highest BCUT2D eigenvalue weighted by molar-refractivity contribution is 7.74. The molecule has 0 aliphatic rings. The molecule has 0 radical (unpaired) electrons. The SMILES string of the molecule is CCC(C)(CC)NCCCOS(=O)O. The molecule has 4 nitrogen and oxygen atoms in total. The Kier molecular flexibility index (Phi) is 7.35. The molecule has 86 valence electrons. The van der Waals surface area contributed by atoms with E-state index >= 15 is 0 Å². The van der Waals surface area contributed by atoms with Gasteiger partial charge < -0.3 is 5.32 Å². The maximum absolute atomic E-state index is 10.1. The molecule has 0 saturated heterocycles. The summed E-state index contributed by atoms with van der Waals surface area (Å²) in [6.07, 6.45) is 2.91. The van der Waals surface area contributed by atoms with Crippen molar-refractivity contribution in [3.05, 3.63) is 0 Å². The first-order valence-corrected chi connectivity index (χ1v) is 6.06. The number of hydrogen-bond donors (Lipinski definition) is 2. The van der Waals surface area contributed by atoms with E-state index in [1.807, 2.05) is 0 Å². The van der Waals surface area contributed by atoms with E-state index in [0.717, 1.165) is 25.8 Å². The van der Waals surface area contributed by atoms with Crippen LogP contribution in [0.25, 0.3) is 0 Å². The lowest BCUT2D eigenvalue weighted by atomic mass is 9.95. The number of hydrogen-bond acceptors (Lipinski definition) is 3. The molecule has 0 aromatic carbocycles. The van der Waals surface area contributed by atoms with Gasteiger partial charge in [-0.15, -0.1) is 0 Å². The molecule has 0 heterocycles. The molecule has 1 atom stereocenters. The highest BCUT2D eigenvalue weighted by Crippen LogP contribution is 2.12. The Bertz CT molecular complexity index is 171. The van der Waals surface area contributed by atoms with Gasteiger partial charge in [0, 0.05) is 5.54 Å². The molecule has 1 unspecified atom stereocenters. The van der Waals surface area contributed by atoms with Gasteiger partial charge in [0.2, 0.25) is 0 Å². The summed E-state index contributed by atoms with van der Waals surface area (Å²) in [4.78, 5) is 0. The molecule has 0 aliphatic heterocycles. The largest absolute Gasteiger partial charge is 0.311 e. The van der Waals surface area contributed by atoms with Gasteiger partial charge in [-0.25, -0.2) is 0 Å². The van der Waals surface area contributed by atoms with Crippen molar-refractivity contribution >= 4 is 11.4 Å². The zero-order valence-electron chi connectivity index (χ0n) is 9.21. The van der Waals surface area contributed by atoms with Gasteiger partial charge in [0.25, 0.3) is 0 Å². The van der Waals surface area contributed by atoms with Crippen LogP contribution < -0.4 is 5.32 Å². The second kappa shape index (κ2) is 7.34.